The molecule has 6 nitrogen and oxygen atoms in total. The lowest BCUT2D eigenvalue weighted by Crippen LogP contribution is -2.24. The molecule has 1 amide bonds. The van der Waals surface area contributed by atoms with Gasteiger partial charge in [0.1, 0.15) is 18.1 Å². The first-order valence-corrected chi connectivity index (χ1v) is 9.31. The molecule has 1 aliphatic heterocycles. The number of aromatic nitrogens is 3. The fraction of sp³-hybridized carbons (Fsp3) is 0.250. The highest BCUT2D eigenvalue weighted by Crippen LogP contribution is 2.38. The van der Waals surface area contributed by atoms with Crippen LogP contribution in [0.15, 0.2) is 42.7 Å². The Hall–Kier alpha value is -3.64. The molecule has 0 fully saturated rings. The molecular formula is C20H13F7N4O2. The number of hydrogen-bond acceptors (Lipinski definition) is 4. The molecule has 0 unspecified atom stereocenters. The molecule has 0 atom stereocenters. The summed E-state index contributed by atoms with van der Waals surface area (Å²) in [4.78, 5) is 18.1. The van der Waals surface area contributed by atoms with Gasteiger partial charge in [-0.25, -0.2) is 4.39 Å². The van der Waals surface area contributed by atoms with E-state index in [1.165, 1.54) is 24.4 Å². The predicted molar refractivity (Wildman–Crippen MR) is 100.0 cm³/mol. The van der Waals surface area contributed by atoms with E-state index in [4.69, 9.17) is 4.74 Å². The molecule has 2 aromatic heterocycles. The van der Waals surface area contributed by atoms with Crippen molar-refractivity contribution in [2.45, 2.75) is 25.4 Å². The van der Waals surface area contributed by atoms with Crippen LogP contribution >= 0.6 is 0 Å². The van der Waals surface area contributed by atoms with Gasteiger partial charge in [0.15, 0.2) is 12.4 Å². The second kappa shape index (κ2) is 8.05. The van der Waals surface area contributed by atoms with E-state index in [1.54, 1.807) is 0 Å². The van der Waals surface area contributed by atoms with Gasteiger partial charge in [-0.2, -0.15) is 31.4 Å². The SMILES string of the molecule is O=C1c2ccnc(-c3ccc(F)cc3OCC(F)(F)F)c2CN1c1ccn(CC(F)(F)F)n1. The third-order valence-corrected chi connectivity index (χ3v) is 4.68. The third-order valence-electron chi connectivity index (χ3n) is 4.68. The summed E-state index contributed by atoms with van der Waals surface area (Å²) in [6.07, 6.45) is -6.86. The number of rotatable bonds is 5. The van der Waals surface area contributed by atoms with Crippen LogP contribution in [0.25, 0.3) is 11.3 Å². The van der Waals surface area contributed by atoms with Gasteiger partial charge in [-0.3, -0.25) is 19.4 Å². The van der Waals surface area contributed by atoms with Gasteiger partial charge in [-0.15, -0.1) is 0 Å². The number of carbonyl (C=O) groups excluding carboxylic acids is 1. The summed E-state index contributed by atoms with van der Waals surface area (Å²) < 4.78 is 94.8. The number of nitrogens with zero attached hydrogens (tertiary/aromatic N) is 4. The molecule has 1 aromatic carbocycles. The van der Waals surface area contributed by atoms with Crippen LogP contribution in [0, 0.1) is 5.82 Å². The zero-order valence-electron chi connectivity index (χ0n) is 16.4. The fourth-order valence-electron chi connectivity index (χ4n) is 3.38. The van der Waals surface area contributed by atoms with Crippen LogP contribution in [-0.4, -0.2) is 39.6 Å². The van der Waals surface area contributed by atoms with Crippen LogP contribution in [-0.2, 0) is 13.1 Å². The number of anilines is 1. The summed E-state index contributed by atoms with van der Waals surface area (Å²) in [6, 6.07) is 5.56. The van der Waals surface area contributed by atoms with Crippen molar-refractivity contribution >= 4 is 11.7 Å². The number of carbonyl (C=O) groups is 1. The predicted octanol–water partition coefficient (Wildman–Crippen LogP) is 4.75. The van der Waals surface area contributed by atoms with Gasteiger partial charge in [0.2, 0.25) is 0 Å². The molecule has 0 radical (unpaired) electrons. The van der Waals surface area contributed by atoms with E-state index in [2.05, 4.69) is 10.1 Å². The van der Waals surface area contributed by atoms with E-state index < -0.39 is 43.0 Å². The minimum Gasteiger partial charge on any atom is -0.483 e. The van der Waals surface area contributed by atoms with Crippen molar-refractivity contribution in [1.82, 2.24) is 14.8 Å². The van der Waals surface area contributed by atoms with Crippen LogP contribution in [0.3, 0.4) is 0 Å². The maximum absolute atomic E-state index is 13.7. The van der Waals surface area contributed by atoms with Crippen molar-refractivity contribution in [3.05, 3.63) is 59.7 Å². The van der Waals surface area contributed by atoms with Gasteiger partial charge < -0.3 is 4.74 Å². The number of alkyl halides is 6. The summed E-state index contributed by atoms with van der Waals surface area (Å²) in [5.41, 5.74) is 0.526. The standard InChI is InChI=1S/C20H13F7N4O2/c21-11-1-2-13(15(7-11)33-10-20(25,26)27)17-14-8-31(18(32)12(14)3-5-28-17)16-4-6-30(29-16)9-19(22,23)24/h1-7H,8-10H2. The maximum atomic E-state index is 13.7. The van der Waals surface area contributed by atoms with E-state index in [1.807, 2.05) is 0 Å². The molecule has 0 bridgehead atoms. The third kappa shape index (κ3) is 4.91. The van der Waals surface area contributed by atoms with Crippen molar-refractivity contribution in [2.75, 3.05) is 11.5 Å². The first-order chi connectivity index (χ1) is 15.4. The highest BCUT2D eigenvalue weighted by Gasteiger charge is 2.35. The molecular weight excluding hydrogens is 461 g/mol. The first kappa shape index (κ1) is 22.6. The molecule has 3 heterocycles. The molecule has 0 saturated carbocycles. The average molecular weight is 474 g/mol. The van der Waals surface area contributed by atoms with E-state index in [-0.39, 0.29) is 34.7 Å². The Bertz CT molecular complexity index is 1200. The maximum Gasteiger partial charge on any atom is 0.422 e. The zero-order chi connectivity index (χ0) is 24.0. The van der Waals surface area contributed by atoms with Crippen molar-refractivity contribution < 1.29 is 40.3 Å². The largest absolute Gasteiger partial charge is 0.483 e. The Labute approximate surface area is 181 Å². The lowest BCUT2D eigenvalue weighted by molar-refractivity contribution is -0.153. The van der Waals surface area contributed by atoms with E-state index in [0.717, 1.165) is 23.2 Å². The average Bonchev–Trinajstić information content (AvgIpc) is 3.29. The topological polar surface area (TPSA) is 60.2 Å². The van der Waals surface area contributed by atoms with E-state index in [9.17, 15) is 35.5 Å². The van der Waals surface area contributed by atoms with Crippen LogP contribution in [0.1, 0.15) is 15.9 Å². The lowest BCUT2D eigenvalue weighted by atomic mass is 10.0. The van der Waals surface area contributed by atoms with Gasteiger partial charge >= 0.3 is 12.4 Å². The van der Waals surface area contributed by atoms with Gasteiger partial charge in [0.25, 0.3) is 5.91 Å². The summed E-state index contributed by atoms with van der Waals surface area (Å²) in [5, 5.41) is 3.78. The number of ether oxygens (including phenoxy) is 1. The van der Waals surface area contributed by atoms with E-state index in [0.29, 0.717) is 4.68 Å². The smallest absolute Gasteiger partial charge is 0.422 e. The summed E-state index contributed by atoms with van der Waals surface area (Å²) in [6.45, 7) is -3.17. The molecule has 33 heavy (non-hydrogen) atoms. The Morgan fingerprint density at radius 3 is 2.45 bits per heavy atom. The lowest BCUT2D eigenvalue weighted by Gasteiger charge is -2.15. The Balaban J connectivity index is 1.68. The quantitative estimate of drug-likeness (QED) is 0.501. The number of fused-ring (bicyclic) bond motifs is 1. The van der Waals surface area contributed by atoms with Gasteiger partial charge in [-0.1, -0.05) is 0 Å². The molecule has 4 rings (SSSR count). The van der Waals surface area contributed by atoms with Gasteiger partial charge in [0, 0.05) is 41.2 Å². The summed E-state index contributed by atoms with van der Waals surface area (Å²) in [5.74, 6) is -1.88. The first-order valence-electron chi connectivity index (χ1n) is 9.31. The van der Waals surface area contributed by atoms with Crippen molar-refractivity contribution in [2.24, 2.45) is 0 Å². The minimum atomic E-state index is -4.67. The number of hydrogen-bond donors (Lipinski definition) is 0. The second-order valence-electron chi connectivity index (χ2n) is 7.11. The molecule has 1 aliphatic rings. The number of benzene rings is 1. The van der Waals surface area contributed by atoms with Crippen LogP contribution < -0.4 is 9.64 Å². The monoisotopic (exact) mass is 474 g/mol. The van der Waals surface area contributed by atoms with Gasteiger partial charge in [-0.05, 0) is 18.2 Å². The molecule has 0 aliphatic carbocycles. The molecule has 0 saturated heterocycles. The molecule has 0 spiro atoms. The van der Waals surface area contributed by atoms with Gasteiger partial charge in [0.05, 0.1) is 12.2 Å². The Morgan fingerprint density at radius 2 is 1.76 bits per heavy atom. The van der Waals surface area contributed by atoms with Crippen molar-refractivity contribution in [1.29, 1.82) is 0 Å². The van der Waals surface area contributed by atoms with E-state index >= 15 is 0 Å². The summed E-state index contributed by atoms with van der Waals surface area (Å²) in [7, 11) is 0. The van der Waals surface area contributed by atoms with Crippen molar-refractivity contribution in [3.8, 4) is 17.0 Å². The molecule has 0 N–H and O–H groups in total. The second-order valence-corrected chi connectivity index (χ2v) is 7.11. The molecule has 13 heteroatoms. The molecule has 3 aromatic rings. The summed E-state index contributed by atoms with van der Waals surface area (Å²) >= 11 is 0. The molecule has 174 valence electrons. The van der Waals surface area contributed by atoms with Crippen molar-refractivity contribution in [3.63, 3.8) is 0 Å². The Kier molecular flexibility index (Phi) is 5.50. The normalized spacial score (nSPS) is 14.0. The zero-order valence-corrected chi connectivity index (χ0v) is 16.4. The number of halogens is 7. The minimum absolute atomic E-state index is 0.0229. The van der Waals surface area contributed by atoms with Crippen LogP contribution in [0.4, 0.5) is 36.6 Å². The number of pyridine rings is 1. The highest BCUT2D eigenvalue weighted by molar-refractivity contribution is 6.10. The Morgan fingerprint density at radius 1 is 1.00 bits per heavy atom. The number of amides is 1. The van der Waals surface area contributed by atoms with Crippen LogP contribution in [0.5, 0.6) is 5.75 Å². The highest BCUT2D eigenvalue weighted by atomic mass is 19.4. The van der Waals surface area contributed by atoms with Crippen LogP contribution in [0.2, 0.25) is 0 Å². The fourth-order valence-corrected chi connectivity index (χ4v) is 3.38.